The number of benzene rings is 1. The van der Waals surface area contributed by atoms with E-state index in [0.29, 0.717) is 0 Å². The number of amides is 1. The molecule has 17 heavy (non-hydrogen) atoms. The minimum atomic E-state index is -1.47. The molecule has 0 aromatic heterocycles. The van der Waals surface area contributed by atoms with E-state index in [4.69, 9.17) is 0 Å². The van der Waals surface area contributed by atoms with Gasteiger partial charge in [-0.15, -0.1) is 0 Å². The molecule has 1 N–H and O–H groups in total. The van der Waals surface area contributed by atoms with Crippen molar-refractivity contribution in [3.63, 3.8) is 0 Å². The molecule has 0 heterocycles. The lowest BCUT2D eigenvalue weighted by Crippen LogP contribution is -2.29. The van der Waals surface area contributed by atoms with Crippen molar-refractivity contribution in [3.8, 4) is 0 Å². The van der Waals surface area contributed by atoms with Crippen molar-refractivity contribution in [2.75, 3.05) is 6.54 Å². The first-order valence-electron chi connectivity index (χ1n) is 5.33. The van der Waals surface area contributed by atoms with Crippen molar-refractivity contribution >= 4 is 5.91 Å². The van der Waals surface area contributed by atoms with E-state index in [1.54, 1.807) is 13.8 Å². The summed E-state index contributed by atoms with van der Waals surface area (Å²) in [7, 11) is 0. The van der Waals surface area contributed by atoms with E-state index in [1.807, 2.05) is 0 Å². The van der Waals surface area contributed by atoms with Gasteiger partial charge in [0.15, 0.2) is 17.5 Å². The number of halogens is 3. The average Bonchev–Trinajstić information content (AvgIpc) is 2.28. The molecule has 2 nitrogen and oxygen atoms in total. The number of carbonyl (C=O) groups is 1. The highest BCUT2D eigenvalue weighted by molar-refractivity contribution is 5.77. The van der Waals surface area contributed by atoms with Crippen molar-refractivity contribution < 1.29 is 18.0 Å². The molecule has 0 radical (unpaired) electrons. The van der Waals surface area contributed by atoms with Crippen LogP contribution in [0.3, 0.4) is 0 Å². The molecule has 0 aliphatic rings. The van der Waals surface area contributed by atoms with Gasteiger partial charge in [-0.2, -0.15) is 0 Å². The minimum Gasteiger partial charge on any atom is -0.356 e. The van der Waals surface area contributed by atoms with E-state index in [9.17, 15) is 18.0 Å². The molecule has 0 spiro atoms. The number of hydrogen-bond donors (Lipinski definition) is 1. The van der Waals surface area contributed by atoms with Gasteiger partial charge in [-0.05, 0) is 18.1 Å². The van der Waals surface area contributed by atoms with Gasteiger partial charge >= 0.3 is 0 Å². The third kappa shape index (κ3) is 3.47. The number of carbonyl (C=O) groups excluding carboxylic acids is 1. The lowest BCUT2D eigenvalue weighted by atomic mass is 10.1. The summed E-state index contributed by atoms with van der Waals surface area (Å²) in [5, 5.41) is 2.57. The molecule has 0 aliphatic carbocycles. The Balaban J connectivity index is 2.59. The molecule has 0 unspecified atom stereocenters. The molecule has 1 rings (SSSR count). The summed E-state index contributed by atoms with van der Waals surface area (Å²) in [6.07, 6.45) is 0.126. The Labute approximate surface area is 97.8 Å². The Bertz CT molecular complexity index is 418. The minimum absolute atomic E-state index is 0.0490. The standard InChI is InChI=1S/C12H14F3NO/c1-7(2)12(17)16-6-5-8-3-4-9(13)11(15)10(8)14/h3-4,7H,5-6H2,1-2H3,(H,16,17). The summed E-state index contributed by atoms with van der Waals surface area (Å²) in [4.78, 5) is 11.2. The van der Waals surface area contributed by atoms with Crippen molar-refractivity contribution in [2.24, 2.45) is 5.92 Å². The van der Waals surface area contributed by atoms with Crippen LogP contribution in [0, 0.1) is 23.4 Å². The van der Waals surface area contributed by atoms with Crippen LogP contribution in [0.1, 0.15) is 19.4 Å². The van der Waals surface area contributed by atoms with Crippen molar-refractivity contribution in [1.82, 2.24) is 5.32 Å². The number of rotatable bonds is 4. The summed E-state index contributed by atoms with van der Waals surface area (Å²) < 4.78 is 38.7. The highest BCUT2D eigenvalue weighted by atomic mass is 19.2. The van der Waals surface area contributed by atoms with Crippen molar-refractivity contribution in [3.05, 3.63) is 35.1 Å². The van der Waals surface area contributed by atoms with Crippen LogP contribution < -0.4 is 5.32 Å². The molecule has 1 amide bonds. The van der Waals surface area contributed by atoms with Gasteiger partial charge in [0.05, 0.1) is 0 Å². The zero-order chi connectivity index (χ0) is 13.0. The van der Waals surface area contributed by atoms with Gasteiger partial charge in [-0.25, -0.2) is 13.2 Å². The monoisotopic (exact) mass is 245 g/mol. The zero-order valence-electron chi connectivity index (χ0n) is 9.69. The van der Waals surface area contributed by atoms with Crippen LogP contribution in [0.15, 0.2) is 12.1 Å². The molecular weight excluding hydrogens is 231 g/mol. The second-order valence-electron chi connectivity index (χ2n) is 4.03. The maximum atomic E-state index is 13.2. The van der Waals surface area contributed by atoms with Crippen LogP contribution in [-0.4, -0.2) is 12.5 Å². The summed E-state index contributed by atoms with van der Waals surface area (Å²) in [6.45, 7) is 3.65. The van der Waals surface area contributed by atoms with Gasteiger partial charge in [0, 0.05) is 12.5 Å². The number of nitrogens with one attached hydrogen (secondary N) is 1. The van der Waals surface area contributed by atoms with E-state index < -0.39 is 17.5 Å². The zero-order valence-corrected chi connectivity index (χ0v) is 9.69. The van der Waals surface area contributed by atoms with Crippen LogP contribution in [0.5, 0.6) is 0 Å². The fourth-order valence-electron chi connectivity index (χ4n) is 1.28. The average molecular weight is 245 g/mol. The molecular formula is C12H14F3NO. The first-order chi connectivity index (χ1) is 7.93. The normalized spacial score (nSPS) is 10.7. The Kier molecular flexibility index (Phi) is 4.54. The molecule has 0 saturated heterocycles. The molecule has 0 saturated carbocycles. The molecule has 0 atom stereocenters. The first kappa shape index (κ1) is 13.5. The van der Waals surface area contributed by atoms with Crippen LogP contribution >= 0.6 is 0 Å². The maximum absolute atomic E-state index is 13.2. The Morgan fingerprint density at radius 1 is 1.24 bits per heavy atom. The van der Waals surface area contributed by atoms with E-state index in [2.05, 4.69) is 5.32 Å². The quantitative estimate of drug-likeness (QED) is 0.811. The van der Waals surface area contributed by atoms with Crippen LogP contribution in [-0.2, 0) is 11.2 Å². The highest BCUT2D eigenvalue weighted by Crippen LogP contribution is 2.15. The second-order valence-corrected chi connectivity index (χ2v) is 4.03. The van der Waals surface area contributed by atoms with Crippen LogP contribution in [0.25, 0.3) is 0 Å². The van der Waals surface area contributed by atoms with Crippen LogP contribution in [0.2, 0.25) is 0 Å². The molecule has 0 fully saturated rings. The molecule has 94 valence electrons. The molecule has 0 bridgehead atoms. The van der Waals surface area contributed by atoms with Gasteiger partial charge < -0.3 is 5.32 Å². The summed E-state index contributed by atoms with van der Waals surface area (Å²) >= 11 is 0. The third-order valence-corrected chi connectivity index (χ3v) is 2.33. The van der Waals surface area contributed by atoms with E-state index in [-0.39, 0.29) is 30.4 Å². The summed E-state index contributed by atoms with van der Waals surface area (Å²) in [5.74, 6) is -4.20. The maximum Gasteiger partial charge on any atom is 0.222 e. The molecule has 1 aromatic carbocycles. The van der Waals surface area contributed by atoms with Crippen LogP contribution in [0.4, 0.5) is 13.2 Å². The van der Waals surface area contributed by atoms with Gasteiger partial charge in [-0.1, -0.05) is 19.9 Å². The first-order valence-corrected chi connectivity index (χ1v) is 5.33. The summed E-state index contributed by atoms with van der Waals surface area (Å²) in [6, 6.07) is 2.05. The lowest BCUT2D eigenvalue weighted by Gasteiger charge is -2.08. The van der Waals surface area contributed by atoms with E-state index in [1.165, 1.54) is 6.07 Å². The van der Waals surface area contributed by atoms with Gasteiger partial charge in [0.1, 0.15) is 0 Å². The van der Waals surface area contributed by atoms with Gasteiger partial charge in [0.2, 0.25) is 5.91 Å². The van der Waals surface area contributed by atoms with Crippen molar-refractivity contribution in [1.29, 1.82) is 0 Å². The smallest absolute Gasteiger partial charge is 0.222 e. The molecule has 0 aliphatic heterocycles. The topological polar surface area (TPSA) is 29.1 Å². The number of hydrogen-bond acceptors (Lipinski definition) is 1. The largest absolute Gasteiger partial charge is 0.356 e. The van der Waals surface area contributed by atoms with Crippen molar-refractivity contribution in [2.45, 2.75) is 20.3 Å². The highest BCUT2D eigenvalue weighted by Gasteiger charge is 2.13. The molecule has 1 aromatic rings. The van der Waals surface area contributed by atoms with Gasteiger partial charge in [0.25, 0.3) is 0 Å². The predicted octanol–water partition coefficient (Wildman–Crippen LogP) is 2.42. The Morgan fingerprint density at radius 2 is 1.88 bits per heavy atom. The van der Waals surface area contributed by atoms with E-state index >= 15 is 0 Å². The Morgan fingerprint density at radius 3 is 2.47 bits per heavy atom. The fraction of sp³-hybridized carbons (Fsp3) is 0.417. The Hall–Kier alpha value is -1.52. The predicted molar refractivity (Wildman–Crippen MR) is 57.9 cm³/mol. The van der Waals surface area contributed by atoms with E-state index in [0.717, 1.165) is 6.07 Å². The third-order valence-electron chi connectivity index (χ3n) is 2.33. The lowest BCUT2D eigenvalue weighted by molar-refractivity contribution is -0.123. The summed E-state index contributed by atoms with van der Waals surface area (Å²) in [5.41, 5.74) is 0.0490. The van der Waals surface area contributed by atoms with Gasteiger partial charge in [-0.3, -0.25) is 4.79 Å². The SMILES string of the molecule is CC(C)C(=O)NCCc1ccc(F)c(F)c1F. The second kappa shape index (κ2) is 5.70. The molecule has 5 heteroatoms. The fourth-order valence-corrected chi connectivity index (χ4v) is 1.28.